The van der Waals surface area contributed by atoms with E-state index in [1.165, 1.54) is 6.92 Å². The first kappa shape index (κ1) is 18.4. The molecular weight excluding hydrogens is 322 g/mol. The van der Waals surface area contributed by atoms with Gasteiger partial charge in [0.2, 0.25) is 11.8 Å². The fourth-order valence-corrected chi connectivity index (χ4v) is 2.45. The Bertz CT molecular complexity index is 785. The first-order valence-corrected chi connectivity index (χ1v) is 7.90. The highest BCUT2D eigenvalue weighted by Crippen LogP contribution is 2.18. The molecule has 5 N–H and O–H groups in total. The Morgan fingerprint density at radius 2 is 1.76 bits per heavy atom. The van der Waals surface area contributed by atoms with Crippen LogP contribution in [0.2, 0.25) is 0 Å². The van der Waals surface area contributed by atoms with Crippen LogP contribution >= 0.6 is 0 Å². The standard InChI is InChI=1S/C18H21N3O4/c1-11(21-18(25)15(19)9-16(22)23)17(24)20-10-13-7-4-6-12-5-2-3-8-14(12)13/h2-8,11,15H,9-10,19H2,1H3,(H,20,24)(H,21,25)(H,22,23)/t11-,15-/m0/s1. The number of hydrogen-bond donors (Lipinski definition) is 4. The highest BCUT2D eigenvalue weighted by atomic mass is 16.4. The molecule has 0 fully saturated rings. The average Bonchev–Trinajstić information content (AvgIpc) is 2.58. The number of carbonyl (C=O) groups is 3. The molecule has 7 nitrogen and oxygen atoms in total. The van der Waals surface area contributed by atoms with Crippen molar-refractivity contribution in [3.05, 3.63) is 48.0 Å². The molecule has 0 unspecified atom stereocenters. The minimum atomic E-state index is -1.19. The number of amides is 2. The van der Waals surface area contributed by atoms with Crippen LogP contribution < -0.4 is 16.4 Å². The summed E-state index contributed by atoms with van der Waals surface area (Å²) in [6, 6.07) is 11.7. The van der Waals surface area contributed by atoms with Gasteiger partial charge in [-0.1, -0.05) is 42.5 Å². The minimum absolute atomic E-state index is 0.321. The molecule has 0 aliphatic rings. The molecule has 132 valence electrons. The van der Waals surface area contributed by atoms with Crippen molar-refractivity contribution < 1.29 is 19.5 Å². The molecule has 2 aromatic carbocycles. The highest BCUT2D eigenvalue weighted by molar-refractivity contribution is 5.91. The Kier molecular flexibility index (Phi) is 6.08. The zero-order valence-electron chi connectivity index (χ0n) is 13.9. The molecule has 0 saturated heterocycles. The first-order valence-electron chi connectivity index (χ1n) is 7.90. The largest absolute Gasteiger partial charge is 0.481 e. The van der Waals surface area contributed by atoms with Crippen molar-refractivity contribution in [3.63, 3.8) is 0 Å². The van der Waals surface area contributed by atoms with E-state index in [9.17, 15) is 14.4 Å². The Hall–Kier alpha value is -2.93. The highest BCUT2D eigenvalue weighted by Gasteiger charge is 2.21. The zero-order chi connectivity index (χ0) is 18.4. The van der Waals surface area contributed by atoms with Gasteiger partial charge in [0.25, 0.3) is 0 Å². The van der Waals surface area contributed by atoms with E-state index in [4.69, 9.17) is 10.8 Å². The summed E-state index contributed by atoms with van der Waals surface area (Å²) in [5.74, 6) is -2.21. The van der Waals surface area contributed by atoms with Gasteiger partial charge in [-0.3, -0.25) is 14.4 Å². The van der Waals surface area contributed by atoms with E-state index in [1.54, 1.807) is 0 Å². The number of nitrogens with one attached hydrogen (secondary N) is 2. The maximum Gasteiger partial charge on any atom is 0.305 e. The number of rotatable bonds is 7. The fraction of sp³-hybridized carbons (Fsp3) is 0.278. The third-order valence-electron chi connectivity index (χ3n) is 3.82. The van der Waals surface area contributed by atoms with Crippen molar-refractivity contribution in [2.75, 3.05) is 0 Å². The molecule has 0 radical (unpaired) electrons. The maximum atomic E-state index is 12.1. The quantitative estimate of drug-likeness (QED) is 0.591. The molecule has 0 heterocycles. The summed E-state index contributed by atoms with van der Waals surface area (Å²) in [7, 11) is 0. The fourth-order valence-electron chi connectivity index (χ4n) is 2.45. The average molecular weight is 343 g/mol. The minimum Gasteiger partial charge on any atom is -0.481 e. The van der Waals surface area contributed by atoms with Crippen molar-refractivity contribution in [2.24, 2.45) is 5.73 Å². The second-order valence-electron chi connectivity index (χ2n) is 5.79. The van der Waals surface area contributed by atoms with Crippen LogP contribution in [0.1, 0.15) is 18.9 Å². The summed E-state index contributed by atoms with van der Waals surface area (Å²) < 4.78 is 0. The van der Waals surface area contributed by atoms with Crippen molar-refractivity contribution in [1.29, 1.82) is 0 Å². The molecule has 7 heteroatoms. The third kappa shape index (κ3) is 5.02. The molecule has 0 aliphatic carbocycles. The number of nitrogens with two attached hydrogens (primary N) is 1. The predicted molar refractivity (Wildman–Crippen MR) is 93.6 cm³/mol. The van der Waals surface area contributed by atoms with Crippen LogP contribution in [0.4, 0.5) is 0 Å². The van der Waals surface area contributed by atoms with Crippen LogP contribution in [0.15, 0.2) is 42.5 Å². The van der Waals surface area contributed by atoms with Gasteiger partial charge >= 0.3 is 5.97 Å². The number of hydrogen-bond acceptors (Lipinski definition) is 4. The number of aliphatic carboxylic acids is 1. The van der Waals surface area contributed by atoms with E-state index < -0.39 is 30.4 Å². The van der Waals surface area contributed by atoms with E-state index in [0.717, 1.165) is 16.3 Å². The maximum absolute atomic E-state index is 12.1. The lowest BCUT2D eigenvalue weighted by atomic mass is 10.0. The van der Waals surface area contributed by atoms with Gasteiger partial charge in [0, 0.05) is 6.54 Å². The Labute approximate surface area is 145 Å². The van der Waals surface area contributed by atoms with E-state index >= 15 is 0 Å². The Morgan fingerprint density at radius 1 is 1.08 bits per heavy atom. The van der Waals surface area contributed by atoms with Crippen LogP contribution in [0.25, 0.3) is 10.8 Å². The molecule has 0 bridgehead atoms. The monoisotopic (exact) mass is 343 g/mol. The van der Waals surface area contributed by atoms with E-state index in [2.05, 4.69) is 10.6 Å². The van der Waals surface area contributed by atoms with Gasteiger partial charge in [0.15, 0.2) is 0 Å². The van der Waals surface area contributed by atoms with Crippen LogP contribution in [0, 0.1) is 0 Å². The predicted octanol–water partition coefficient (Wildman–Crippen LogP) is 0.763. The number of carbonyl (C=O) groups excluding carboxylic acids is 2. The van der Waals surface area contributed by atoms with Gasteiger partial charge in [-0.15, -0.1) is 0 Å². The number of benzene rings is 2. The number of carboxylic acid groups (broad SMARTS) is 1. The summed E-state index contributed by atoms with van der Waals surface area (Å²) in [5.41, 5.74) is 6.43. The smallest absolute Gasteiger partial charge is 0.305 e. The molecule has 0 spiro atoms. The van der Waals surface area contributed by atoms with Gasteiger partial charge in [0.05, 0.1) is 12.5 Å². The zero-order valence-corrected chi connectivity index (χ0v) is 13.9. The molecule has 2 atom stereocenters. The van der Waals surface area contributed by atoms with Gasteiger partial charge in [0.1, 0.15) is 6.04 Å². The summed E-state index contributed by atoms with van der Waals surface area (Å²) in [5, 5.41) is 15.9. The first-order chi connectivity index (χ1) is 11.9. The molecule has 2 rings (SSSR count). The van der Waals surface area contributed by atoms with Gasteiger partial charge in [-0.2, -0.15) is 0 Å². The van der Waals surface area contributed by atoms with Gasteiger partial charge in [-0.25, -0.2) is 0 Å². The number of carboxylic acids is 1. The molecule has 2 amide bonds. The summed E-state index contributed by atoms with van der Waals surface area (Å²) in [4.78, 5) is 34.5. The lowest BCUT2D eigenvalue weighted by Gasteiger charge is -2.17. The Morgan fingerprint density at radius 3 is 2.48 bits per heavy atom. The molecule has 25 heavy (non-hydrogen) atoms. The van der Waals surface area contributed by atoms with Crippen molar-refractivity contribution in [2.45, 2.75) is 32.0 Å². The third-order valence-corrected chi connectivity index (χ3v) is 3.82. The van der Waals surface area contributed by atoms with E-state index in [-0.39, 0.29) is 5.91 Å². The summed E-state index contributed by atoms with van der Waals surface area (Å²) in [6.07, 6.45) is -0.490. The normalized spacial score (nSPS) is 13.0. The summed E-state index contributed by atoms with van der Waals surface area (Å²) in [6.45, 7) is 1.84. The lowest BCUT2D eigenvalue weighted by Crippen LogP contribution is -2.50. The van der Waals surface area contributed by atoms with E-state index in [1.807, 2.05) is 42.5 Å². The van der Waals surface area contributed by atoms with Crippen molar-refractivity contribution in [3.8, 4) is 0 Å². The second kappa shape index (κ2) is 8.25. The van der Waals surface area contributed by atoms with Crippen LogP contribution in [-0.2, 0) is 20.9 Å². The topological polar surface area (TPSA) is 122 Å². The van der Waals surface area contributed by atoms with Gasteiger partial charge < -0.3 is 21.5 Å². The number of fused-ring (bicyclic) bond motifs is 1. The molecule has 0 aliphatic heterocycles. The van der Waals surface area contributed by atoms with Crippen LogP contribution in [0.5, 0.6) is 0 Å². The lowest BCUT2D eigenvalue weighted by molar-refractivity contribution is -0.139. The van der Waals surface area contributed by atoms with Crippen molar-refractivity contribution in [1.82, 2.24) is 10.6 Å². The second-order valence-corrected chi connectivity index (χ2v) is 5.79. The van der Waals surface area contributed by atoms with Gasteiger partial charge in [-0.05, 0) is 23.3 Å². The SMILES string of the molecule is C[C@H](NC(=O)[C@@H](N)CC(=O)O)C(=O)NCc1cccc2ccccc12. The Balaban J connectivity index is 1.93. The molecule has 0 saturated carbocycles. The van der Waals surface area contributed by atoms with Crippen LogP contribution in [0.3, 0.4) is 0 Å². The van der Waals surface area contributed by atoms with Crippen molar-refractivity contribution >= 4 is 28.6 Å². The molecular formula is C18H21N3O4. The molecule has 0 aromatic heterocycles. The van der Waals surface area contributed by atoms with E-state index in [0.29, 0.717) is 6.54 Å². The molecule has 2 aromatic rings. The summed E-state index contributed by atoms with van der Waals surface area (Å²) >= 11 is 0. The van der Waals surface area contributed by atoms with Crippen LogP contribution in [-0.4, -0.2) is 35.0 Å².